The Morgan fingerprint density at radius 3 is 2.94 bits per heavy atom. The molecule has 0 aliphatic heterocycles. The number of methoxy groups -OCH3 is 1. The summed E-state index contributed by atoms with van der Waals surface area (Å²) in [6, 6.07) is 5.26. The lowest BCUT2D eigenvalue weighted by Crippen LogP contribution is -2.00. The van der Waals surface area contributed by atoms with Crippen molar-refractivity contribution in [3.05, 3.63) is 33.6 Å². The fraction of sp³-hybridized carbons (Fsp3) is 0.100. The number of benzene rings is 1. The third-order valence-corrected chi connectivity index (χ3v) is 3.26. The van der Waals surface area contributed by atoms with Crippen LogP contribution in [-0.4, -0.2) is 23.3 Å². The maximum absolute atomic E-state index is 11.1. The van der Waals surface area contributed by atoms with Crippen LogP contribution in [0.3, 0.4) is 0 Å². The Hall–Kier alpha value is -1.40. The number of carbonyl (C=O) groups excluding carboxylic acids is 1. The van der Waals surface area contributed by atoms with Crippen molar-refractivity contribution in [3.63, 3.8) is 0 Å². The number of esters is 1. The molecule has 0 saturated heterocycles. The molecule has 0 radical (unpaired) electrons. The topological polar surface area (TPSA) is 65.2 Å². The van der Waals surface area contributed by atoms with E-state index in [4.69, 9.17) is 16.0 Å². The normalized spacial score (nSPS) is 10.3. The first-order valence-electron chi connectivity index (χ1n) is 4.49. The number of aromatic nitrogens is 2. The van der Waals surface area contributed by atoms with E-state index in [2.05, 4.69) is 30.9 Å². The molecule has 0 saturated carbocycles. The van der Waals surface area contributed by atoms with Crippen LogP contribution in [0.15, 0.2) is 27.1 Å². The molecule has 17 heavy (non-hydrogen) atoms. The predicted octanol–water partition coefficient (Wildman–Crippen LogP) is 2.94. The molecule has 0 aliphatic carbocycles. The van der Waals surface area contributed by atoms with Crippen molar-refractivity contribution in [1.82, 2.24) is 10.2 Å². The minimum absolute atomic E-state index is 0.164. The first-order valence-corrected chi connectivity index (χ1v) is 5.66. The van der Waals surface area contributed by atoms with Crippen LogP contribution in [0.5, 0.6) is 0 Å². The fourth-order valence-corrected chi connectivity index (χ4v) is 1.74. The van der Waals surface area contributed by atoms with Crippen LogP contribution in [0.1, 0.15) is 10.7 Å². The third kappa shape index (κ3) is 2.32. The molecule has 2 rings (SSSR count). The molecule has 0 aliphatic rings. The predicted molar refractivity (Wildman–Crippen MR) is 63.8 cm³/mol. The summed E-state index contributed by atoms with van der Waals surface area (Å²) in [5.74, 6) is -0.731. The Kier molecular flexibility index (Phi) is 3.44. The average Bonchev–Trinajstić information content (AvgIpc) is 2.81. The van der Waals surface area contributed by atoms with E-state index in [9.17, 15) is 4.79 Å². The molecule has 0 amide bonds. The summed E-state index contributed by atoms with van der Waals surface area (Å²) in [4.78, 5) is 11.1. The van der Waals surface area contributed by atoms with E-state index < -0.39 is 5.97 Å². The lowest BCUT2D eigenvalue weighted by molar-refractivity contribution is 0.0556. The molecule has 2 aromatic rings. The SMILES string of the molecule is COC(=O)c1nnc(-c2cccc(Br)c2Cl)o1. The van der Waals surface area contributed by atoms with Gasteiger partial charge in [0.2, 0.25) is 5.89 Å². The Bertz CT molecular complexity index is 570. The van der Waals surface area contributed by atoms with E-state index in [0.29, 0.717) is 15.1 Å². The number of hydrogen-bond donors (Lipinski definition) is 0. The van der Waals surface area contributed by atoms with Crippen molar-refractivity contribution in [2.24, 2.45) is 0 Å². The Morgan fingerprint density at radius 1 is 1.47 bits per heavy atom. The maximum Gasteiger partial charge on any atom is 0.396 e. The second-order valence-electron chi connectivity index (χ2n) is 3.01. The number of ether oxygens (including phenoxy) is 1. The van der Waals surface area contributed by atoms with Crippen molar-refractivity contribution in [3.8, 4) is 11.5 Å². The molecule has 1 aromatic heterocycles. The van der Waals surface area contributed by atoms with Gasteiger partial charge >= 0.3 is 11.9 Å². The van der Waals surface area contributed by atoms with E-state index in [0.717, 1.165) is 0 Å². The second kappa shape index (κ2) is 4.85. The quantitative estimate of drug-likeness (QED) is 0.797. The average molecular weight is 318 g/mol. The van der Waals surface area contributed by atoms with Gasteiger partial charge in [0, 0.05) is 4.47 Å². The summed E-state index contributed by atoms with van der Waals surface area (Å²) in [7, 11) is 1.23. The van der Waals surface area contributed by atoms with E-state index in [1.807, 2.05) is 0 Å². The van der Waals surface area contributed by atoms with Gasteiger partial charge in [-0.2, -0.15) is 0 Å². The van der Waals surface area contributed by atoms with Crippen molar-refractivity contribution < 1.29 is 13.9 Å². The zero-order valence-corrected chi connectivity index (χ0v) is 10.9. The molecule has 0 bridgehead atoms. The maximum atomic E-state index is 11.1. The lowest BCUT2D eigenvalue weighted by Gasteiger charge is -2.00. The monoisotopic (exact) mass is 316 g/mol. The van der Waals surface area contributed by atoms with Gasteiger partial charge in [-0.3, -0.25) is 0 Å². The molecule has 0 N–H and O–H groups in total. The molecule has 0 unspecified atom stereocenters. The summed E-state index contributed by atoms with van der Waals surface area (Å²) < 4.78 is 10.3. The third-order valence-electron chi connectivity index (χ3n) is 1.97. The van der Waals surface area contributed by atoms with Crippen molar-refractivity contribution in [2.75, 3.05) is 7.11 Å². The van der Waals surface area contributed by atoms with Gasteiger partial charge in [0.1, 0.15) is 0 Å². The van der Waals surface area contributed by atoms with E-state index >= 15 is 0 Å². The zero-order valence-electron chi connectivity index (χ0n) is 8.61. The molecule has 1 aromatic carbocycles. The van der Waals surface area contributed by atoms with Crippen LogP contribution in [0.2, 0.25) is 5.02 Å². The molecule has 0 atom stereocenters. The zero-order chi connectivity index (χ0) is 12.4. The minimum atomic E-state index is -0.685. The van der Waals surface area contributed by atoms with Crippen LogP contribution in [0.25, 0.3) is 11.5 Å². The molecular formula is C10H6BrClN2O3. The van der Waals surface area contributed by atoms with Gasteiger partial charge in [-0.25, -0.2) is 4.79 Å². The minimum Gasteiger partial charge on any atom is -0.462 e. The number of nitrogens with zero attached hydrogens (tertiary/aromatic N) is 2. The van der Waals surface area contributed by atoms with Crippen LogP contribution < -0.4 is 0 Å². The molecule has 1 heterocycles. The number of halogens is 2. The first-order chi connectivity index (χ1) is 8.13. The number of rotatable bonds is 2. The summed E-state index contributed by atoms with van der Waals surface area (Å²) in [5, 5.41) is 7.74. The Morgan fingerprint density at radius 2 is 2.24 bits per heavy atom. The summed E-state index contributed by atoms with van der Waals surface area (Å²) in [6.07, 6.45) is 0. The summed E-state index contributed by atoms with van der Waals surface area (Å²) >= 11 is 9.34. The standard InChI is InChI=1S/C10H6BrClN2O3/c1-16-10(15)9-14-13-8(17-9)5-3-2-4-6(11)7(5)12/h2-4H,1H3. The molecule has 88 valence electrons. The highest BCUT2D eigenvalue weighted by atomic mass is 79.9. The van der Waals surface area contributed by atoms with Gasteiger partial charge in [-0.15, -0.1) is 10.2 Å². The van der Waals surface area contributed by atoms with Gasteiger partial charge in [0.05, 0.1) is 17.7 Å². The van der Waals surface area contributed by atoms with E-state index in [1.165, 1.54) is 7.11 Å². The Balaban J connectivity index is 2.44. The molecule has 7 heteroatoms. The van der Waals surface area contributed by atoms with E-state index in [-0.39, 0.29) is 11.8 Å². The van der Waals surface area contributed by atoms with Gasteiger partial charge < -0.3 is 9.15 Å². The van der Waals surface area contributed by atoms with Crippen LogP contribution in [0.4, 0.5) is 0 Å². The van der Waals surface area contributed by atoms with Crippen molar-refractivity contribution in [1.29, 1.82) is 0 Å². The summed E-state index contributed by atoms with van der Waals surface area (Å²) in [5.41, 5.74) is 0.545. The van der Waals surface area contributed by atoms with Crippen molar-refractivity contribution in [2.45, 2.75) is 0 Å². The van der Waals surface area contributed by atoms with Gasteiger partial charge in [0.15, 0.2) is 0 Å². The highest BCUT2D eigenvalue weighted by molar-refractivity contribution is 9.10. The van der Waals surface area contributed by atoms with Crippen LogP contribution in [0, 0.1) is 0 Å². The lowest BCUT2D eigenvalue weighted by atomic mass is 10.2. The first kappa shape index (κ1) is 12.1. The molecule has 5 nitrogen and oxygen atoms in total. The Labute approximate surface area is 110 Å². The van der Waals surface area contributed by atoms with Gasteiger partial charge in [0.25, 0.3) is 0 Å². The van der Waals surface area contributed by atoms with Crippen molar-refractivity contribution >= 4 is 33.5 Å². The summed E-state index contributed by atoms with van der Waals surface area (Å²) in [6.45, 7) is 0. The van der Waals surface area contributed by atoms with Crippen LogP contribution in [-0.2, 0) is 4.74 Å². The number of carbonyl (C=O) groups is 1. The number of hydrogen-bond acceptors (Lipinski definition) is 5. The molecular weight excluding hydrogens is 311 g/mol. The smallest absolute Gasteiger partial charge is 0.396 e. The van der Waals surface area contributed by atoms with E-state index in [1.54, 1.807) is 18.2 Å². The highest BCUT2D eigenvalue weighted by Crippen LogP contribution is 2.32. The molecule has 0 fully saturated rings. The fourth-order valence-electron chi connectivity index (χ4n) is 1.17. The largest absolute Gasteiger partial charge is 0.462 e. The highest BCUT2D eigenvalue weighted by Gasteiger charge is 2.18. The van der Waals surface area contributed by atoms with Crippen LogP contribution >= 0.6 is 27.5 Å². The second-order valence-corrected chi connectivity index (χ2v) is 4.24. The van der Waals surface area contributed by atoms with Gasteiger partial charge in [-0.05, 0) is 28.1 Å². The molecule has 0 spiro atoms. The van der Waals surface area contributed by atoms with Gasteiger partial charge in [-0.1, -0.05) is 17.7 Å².